The fourth-order valence-corrected chi connectivity index (χ4v) is 0.335. The van der Waals surface area contributed by atoms with E-state index in [0.717, 1.165) is 0 Å². The molecule has 1 radical (unpaired) electrons. The van der Waals surface area contributed by atoms with Crippen molar-refractivity contribution < 1.29 is 4.84 Å². The van der Waals surface area contributed by atoms with Gasteiger partial charge in [0.2, 0.25) is 0 Å². The van der Waals surface area contributed by atoms with E-state index >= 15 is 0 Å². The lowest BCUT2D eigenvalue weighted by atomic mass is 10.5. The Hall–Kier alpha value is -0.760. The Morgan fingerprint density at radius 2 is 2.71 bits per heavy atom. The highest BCUT2D eigenvalue weighted by Gasteiger charge is 1.78. The molecule has 0 aromatic heterocycles. The predicted octanol–water partition coefficient (Wildman–Crippen LogP) is 0.394. The van der Waals surface area contributed by atoms with Crippen LogP contribution in [0, 0.1) is 6.08 Å². The summed E-state index contributed by atoms with van der Waals surface area (Å²) < 4.78 is 0. The van der Waals surface area contributed by atoms with Crippen molar-refractivity contribution >= 4 is 0 Å². The molecule has 7 heavy (non-hydrogen) atoms. The van der Waals surface area contributed by atoms with Crippen LogP contribution in [-0.4, -0.2) is 6.61 Å². The molecule has 0 spiro atoms. The van der Waals surface area contributed by atoms with Crippen molar-refractivity contribution in [1.29, 1.82) is 0 Å². The minimum Gasteiger partial charge on any atom is -0.274 e. The van der Waals surface area contributed by atoms with E-state index in [4.69, 9.17) is 4.84 Å². The smallest absolute Gasteiger partial charge is 0.1000 e. The van der Waals surface area contributed by atoms with E-state index in [1.807, 2.05) is 6.08 Å². The first kappa shape index (κ1) is 4.40. The van der Waals surface area contributed by atoms with E-state index in [1.165, 1.54) is 0 Å². The minimum absolute atomic E-state index is 0.521. The molecule has 0 aromatic rings. The molecule has 1 N–H and O–H groups in total. The summed E-state index contributed by atoms with van der Waals surface area (Å²) in [5, 5.41) is 0. The minimum atomic E-state index is 0.521. The van der Waals surface area contributed by atoms with Gasteiger partial charge in [0.25, 0.3) is 0 Å². The maximum absolute atomic E-state index is 4.72. The Kier molecular flexibility index (Phi) is 1.52. The van der Waals surface area contributed by atoms with Gasteiger partial charge in [-0.1, -0.05) is 6.08 Å². The number of hydrogen-bond acceptors (Lipinski definition) is 2. The SMILES string of the molecule is [C]1=CC=CNOC1. The Bertz CT molecular complexity index is 84.3. The lowest BCUT2D eigenvalue weighted by Crippen LogP contribution is -2.03. The maximum Gasteiger partial charge on any atom is 0.1000 e. The first-order valence-electron chi connectivity index (χ1n) is 2.09. The van der Waals surface area contributed by atoms with Crippen LogP contribution < -0.4 is 5.48 Å². The normalized spacial score (nSPS) is 18.3. The highest BCUT2D eigenvalue weighted by atomic mass is 16.6. The van der Waals surface area contributed by atoms with Crippen molar-refractivity contribution in [1.82, 2.24) is 5.48 Å². The number of rotatable bonds is 0. The molecule has 0 amide bonds. The molecule has 1 rings (SSSR count). The molecule has 0 fully saturated rings. The molecule has 0 atom stereocenters. The van der Waals surface area contributed by atoms with Gasteiger partial charge in [0, 0.05) is 6.20 Å². The maximum atomic E-state index is 4.72. The predicted molar refractivity (Wildman–Crippen MR) is 26.0 cm³/mol. The van der Waals surface area contributed by atoms with E-state index in [1.54, 1.807) is 12.3 Å². The topological polar surface area (TPSA) is 21.3 Å². The van der Waals surface area contributed by atoms with Gasteiger partial charge in [-0.15, -0.1) is 0 Å². The van der Waals surface area contributed by atoms with Gasteiger partial charge in [-0.05, 0) is 12.2 Å². The third-order valence-corrected chi connectivity index (χ3v) is 0.617. The molecule has 0 unspecified atom stereocenters. The van der Waals surface area contributed by atoms with Crippen LogP contribution in [0.15, 0.2) is 18.4 Å². The second kappa shape index (κ2) is 2.42. The summed E-state index contributed by atoms with van der Waals surface area (Å²) >= 11 is 0. The highest BCUT2D eigenvalue weighted by Crippen LogP contribution is 1.79. The van der Waals surface area contributed by atoms with E-state index in [0.29, 0.717) is 6.61 Å². The Morgan fingerprint density at radius 3 is 3.71 bits per heavy atom. The van der Waals surface area contributed by atoms with Crippen LogP contribution in [0.2, 0.25) is 0 Å². The van der Waals surface area contributed by atoms with Gasteiger partial charge >= 0.3 is 0 Å². The van der Waals surface area contributed by atoms with Crippen molar-refractivity contribution in [2.45, 2.75) is 0 Å². The second-order valence-corrected chi connectivity index (χ2v) is 1.14. The molecule has 0 saturated heterocycles. The lowest BCUT2D eigenvalue weighted by Gasteiger charge is -1.91. The molecular formula is C5H6NO. The first-order chi connectivity index (χ1) is 3.50. The summed E-state index contributed by atoms with van der Waals surface area (Å²) in [6, 6.07) is 0. The van der Waals surface area contributed by atoms with Crippen LogP contribution >= 0.6 is 0 Å². The van der Waals surface area contributed by atoms with Gasteiger partial charge in [0.1, 0.15) is 0 Å². The fourth-order valence-electron chi connectivity index (χ4n) is 0.335. The molecule has 0 saturated carbocycles. The van der Waals surface area contributed by atoms with Crippen LogP contribution in [0.3, 0.4) is 0 Å². The van der Waals surface area contributed by atoms with Gasteiger partial charge in [0.05, 0.1) is 6.61 Å². The quantitative estimate of drug-likeness (QED) is 0.471. The molecule has 1 heterocycles. The molecule has 2 heteroatoms. The molecule has 2 nitrogen and oxygen atoms in total. The number of hydroxylamine groups is 1. The van der Waals surface area contributed by atoms with Gasteiger partial charge in [-0.2, -0.15) is 0 Å². The largest absolute Gasteiger partial charge is 0.274 e. The standard InChI is InChI=1S/C5H6NO/c1-2-4-6-7-5-3-1/h1-2,4,6H,5H2. The monoisotopic (exact) mass is 96.0 g/mol. The van der Waals surface area contributed by atoms with Crippen LogP contribution in [0.25, 0.3) is 0 Å². The van der Waals surface area contributed by atoms with E-state index in [2.05, 4.69) is 11.6 Å². The van der Waals surface area contributed by atoms with Crippen LogP contribution in [-0.2, 0) is 4.84 Å². The molecule has 37 valence electrons. The summed E-state index contributed by atoms with van der Waals surface area (Å²) in [5.41, 5.74) is 2.57. The second-order valence-electron chi connectivity index (χ2n) is 1.14. The average Bonchev–Trinajstić information content (AvgIpc) is 1.90. The summed E-state index contributed by atoms with van der Waals surface area (Å²) in [6.07, 6.45) is 8.19. The number of hydrogen-bond donors (Lipinski definition) is 1. The Morgan fingerprint density at radius 1 is 1.71 bits per heavy atom. The lowest BCUT2D eigenvalue weighted by molar-refractivity contribution is 0.0938. The Labute approximate surface area is 42.4 Å². The zero-order valence-electron chi connectivity index (χ0n) is 3.85. The van der Waals surface area contributed by atoms with Gasteiger partial charge in [-0.3, -0.25) is 10.3 Å². The van der Waals surface area contributed by atoms with Crippen molar-refractivity contribution in [2.24, 2.45) is 0 Å². The van der Waals surface area contributed by atoms with E-state index in [-0.39, 0.29) is 0 Å². The zero-order chi connectivity index (χ0) is 4.95. The van der Waals surface area contributed by atoms with Crippen LogP contribution in [0.5, 0.6) is 0 Å². The number of allylic oxidation sites excluding steroid dienone is 2. The average molecular weight is 96.1 g/mol. The van der Waals surface area contributed by atoms with Gasteiger partial charge < -0.3 is 0 Å². The van der Waals surface area contributed by atoms with Gasteiger partial charge in [0.15, 0.2) is 0 Å². The third kappa shape index (κ3) is 1.41. The van der Waals surface area contributed by atoms with Crippen LogP contribution in [0.4, 0.5) is 0 Å². The summed E-state index contributed by atoms with van der Waals surface area (Å²) in [5.74, 6) is 0. The first-order valence-corrected chi connectivity index (χ1v) is 2.09. The van der Waals surface area contributed by atoms with Crippen molar-refractivity contribution in [3.63, 3.8) is 0 Å². The van der Waals surface area contributed by atoms with E-state index < -0.39 is 0 Å². The highest BCUT2D eigenvalue weighted by molar-refractivity contribution is 4.98. The van der Waals surface area contributed by atoms with Crippen molar-refractivity contribution in [3.8, 4) is 0 Å². The Balaban J connectivity index is 2.39. The number of nitrogens with one attached hydrogen (secondary N) is 1. The summed E-state index contributed by atoms with van der Waals surface area (Å²) in [7, 11) is 0. The van der Waals surface area contributed by atoms with Crippen LogP contribution in [0.1, 0.15) is 0 Å². The molecule has 0 bridgehead atoms. The van der Waals surface area contributed by atoms with E-state index in [9.17, 15) is 0 Å². The van der Waals surface area contributed by atoms with Crippen molar-refractivity contribution in [2.75, 3.05) is 6.61 Å². The molecule has 0 aliphatic carbocycles. The summed E-state index contributed by atoms with van der Waals surface area (Å²) in [6.45, 7) is 0.521. The summed E-state index contributed by atoms with van der Waals surface area (Å²) in [4.78, 5) is 4.72. The zero-order valence-corrected chi connectivity index (χ0v) is 3.85. The fraction of sp³-hybridized carbons (Fsp3) is 0.200. The molecule has 0 aromatic carbocycles. The molecule has 1 aliphatic rings. The third-order valence-electron chi connectivity index (χ3n) is 0.617. The van der Waals surface area contributed by atoms with Crippen molar-refractivity contribution in [3.05, 3.63) is 24.4 Å². The molecule has 1 aliphatic heterocycles. The molecular weight excluding hydrogens is 90.1 g/mol. The van der Waals surface area contributed by atoms with Gasteiger partial charge in [-0.25, -0.2) is 0 Å².